The third-order valence-electron chi connectivity index (χ3n) is 6.31. The Morgan fingerprint density at radius 3 is 1.24 bits per heavy atom. The van der Waals surface area contributed by atoms with E-state index >= 15 is 0 Å². The predicted octanol–water partition coefficient (Wildman–Crippen LogP) is 7.31. The molecule has 38 heavy (non-hydrogen) atoms. The third-order valence-corrected chi connectivity index (χ3v) is 6.31. The minimum absolute atomic E-state index is 0.731. The summed E-state index contributed by atoms with van der Waals surface area (Å²) in [5, 5.41) is 0. The van der Waals surface area contributed by atoms with Crippen LogP contribution in [0.3, 0.4) is 0 Å². The van der Waals surface area contributed by atoms with Gasteiger partial charge in [-0.1, -0.05) is 72.8 Å². The van der Waals surface area contributed by atoms with E-state index in [0.29, 0.717) is 0 Å². The minimum atomic E-state index is 0.731. The summed E-state index contributed by atoms with van der Waals surface area (Å²) < 4.78 is 12.1. The zero-order valence-electron chi connectivity index (χ0n) is 24.0. The SMILES string of the molecule is Cc1ccc(C=Cc2ccc(C=Cc3ccc(C)c(OCCCN(C)C)c3)cc2)cc1OCCCN(C)C. The number of aryl methyl sites for hydroxylation is 2. The number of nitrogens with zero attached hydrogens (tertiary/aromatic N) is 2. The second-order valence-electron chi connectivity index (χ2n) is 10.4. The molecule has 4 heteroatoms. The topological polar surface area (TPSA) is 24.9 Å². The highest BCUT2D eigenvalue weighted by molar-refractivity contribution is 5.73. The molecule has 0 aliphatic rings. The Balaban J connectivity index is 1.57. The molecular formula is C34H44N2O2. The molecule has 0 amide bonds. The van der Waals surface area contributed by atoms with Crippen molar-refractivity contribution in [2.45, 2.75) is 26.7 Å². The van der Waals surface area contributed by atoms with Crippen LogP contribution in [0.25, 0.3) is 24.3 Å². The number of benzene rings is 3. The molecule has 0 aliphatic carbocycles. The van der Waals surface area contributed by atoms with Gasteiger partial charge in [-0.2, -0.15) is 0 Å². The van der Waals surface area contributed by atoms with E-state index in [1.54, 1.807) is 0 Å². The molecule has 202 valence electrons. The fourth-order valence-corrected chi connectivity index (χ4v) is 3.98. The first-order chi connectivity index (χ1) is 18.3. The molecule has 0 saturated heterocycles. The van der Waals surface area contributed by atoms with Crippen molar-refractivity contribution in [3.63, 3.8) is 0 Å². The van der Waals surface area contributed by atoms with Crippen LogP contribution in [0.4, 0.5) is 0 Å². The Kier molecular flexibility index (Phi) is 11.7. The van der Waals surface area contributed by atoms with E-state index in [1.807, 2.05) is 0 Å². The van der Waals surface area contributed by atoms with E-state index < -0.39 is 0 Å². The molecule has 3 aromatic rings. The Bertz CT molecular complexity index is 1100. The largest absolute Gasteiger partial charge is 0.493 e. The molecule has 0 unspecified atom stereocenters. The summed E-state index contributed by atoms with van der Waals surface area (Å²) >= 11 is 0. The van der Waals surface area contributed by atoms with Gasteiger partial charge in [-0.25, -0.2) is 0 Å². The molecule has 0 fully saturated rings. The van der Waals surface area contributed by atoms with Crippen molar-refractivity contribution in [3.05, 3.63) is 94.0 Å². The van der Waals surface area contributed by atoms with Crippen molar-refractivity contribution in [2.24, 2.45) is 0 Å². The number of ether oxygens (including phenoxy) is 2. The molecule has 0 aromatic heterocycles. The number of hydrogen-bond acceptors (Lipinski definition) is 4. The van der Waals surface area contributed by atoms with Gasteiger partial charge in [0.1, 0.15) is 11.5 Å². The molecule has 0 saturated carbocycles. The van der Waals surface area contributed by atoms with Crippen LogP contribution in [0.2, 0.25) is 0 Å². The lowest BCUT2D eigenvalue weighted by Crippen LogP contribution is -2.15. The van der Waals surface area contributed by atoms with Crippen LogP contribution in [0.5, 0.6) is 11.5 Å². The Morgan fingerprint density at radius 2 is 0.868 bits per heavy atom. The summed E-state index contributed by atoms with van der Waals surface area (Å²) in [6.45, 7) is 7.71. The fraction of sp³-hybridized carbons (Fsp3) is 0.353. The Labute approximate surface area is 230 Å². The van der Waals surface area contributed by atoms with Gasteiger partial charge in [0.25, 0.3) is 0 Å². The summed E-state index contributed by atoms with van der Waals surface area (Å²) in [6.07, 6.45) is 10.6. The maximum Gasteiger partial charge on any atom is 0.122 e. The average molecular weight is 513 g/mol. The van der Waals surface area contributed by atoms with E-state index in [1.165, 1.54) is 22.3 Å². The van der Waals surface area contributed by atoms with Crippen molar-refractivity contribution in [1.29, 1.82) is 0 Å². The molecule has 0 bridgehead atoms. The number of rotatable bonds is 14. The molecule has 4 nitrogen and oxygen atoms in total. The molecule has 0 aliphatic heterocycles. The van der Waals surface area contributed by atoms with Crippen LogP contribution in [0.1, 0.15) is 46.2 Å². The fourth-order valence-electron chi connectivity index (χ4n) is 3.98. The third kappa shape index (κ3) is 10.2. The summed E-state index contributed by atoms with van der Waals surface area (Å²) in [4.78, 5) is 4.36. The van der Waals surface area contributed by atoms with Crippen molar-refractivity contribution in [2.75, 3.05) is 54.5 Å². The Hall–Kier alpha value is -3.34. The van der Waals surface area contributed by atoms with Gasteiger partial charge in [-0.3, -0.25) is 0 Å². The lowest BCUT2D eigenvalue weighted by atomic mass is 10.1. The van der Waals surface area contributed by atoms with E-state index in [9.17, 15) is 0 Å². The summed E-state index contributed by atoms with van der Waals surface area (Å²) in [7, 11) is 8.35. The molecular weight excluding hydrogens is 468 g/mol. The first-order valence-corrected chi connectivity index (χ1v) is 13.5. The van der Waals surface area contributed by atoms with E-state index in [0.717, 1.165) is 61.8 Å². The van der Waals surface area contributed by atoms with Gasteiger partial charge in [0, 0.05) is 13.1 Å². The summed E-state index contributed by atoms with van der Waals surface area (Å²) in [5.74, 6) is 1.93. The molecule has 0 spiro atoms. The standard InChI is InChI=1S/C34H44N2O2/c1-27-9-11-31(25-33(27)37-23-7-21-35(3)4)19-17-29-13-15-30(16-14-29)18-20-32-12-10-28(2)34(26-32)38-24-8-22-36(5)6/h9-20,25-26H,7-8,21-24H2,1-6H3. The van der Waals surface area contributed by atoms with Gasteiger partial charge in [-0.15, -0.1) is 0 Å². The van der Waals surface area contributed by atoms with Gasteiger partial charge in [0.2, 0.25) is 0 Å². The molecule has 3 aromatic carbocycles. The van der Waals surface area contributed by atoms with Gasteiger partial charge in [0.15, 0.2) is 0 Å². The van der Waals surface area contributed by atoms with Gasteiger partial charge >= 0.3 is 0 Å². The van der Waals surface area contributed by atoms with Gasteiger partial charge < -0.3 is 19.3 Å². The second-order valence-corrected chi connectivity index (χ2v) is 10.4. The van der Waals surface area contributed by atoms with Crippen LogP contribution < -0.4 is 9.47 Å². The monoisotopic (exact) mass is 512 g/mol. The van der Waals surface area contributed by atoms with E-state index in [4.69, 9.17) is 9.47 Å². The first kappa shape index (κ1) is 29.2. The lowest BCUT2D eigenvalue weighted by molar-refractivity contribution is 0.280. The molecule has 0 heterocycles. The number of hydrogen-bond donors (Lipinski definition) is 0. The second kappa shape index (κ2) is 15.2. The van der Waals surface area contributed by atoms with Gasteiger partial charge in [-0.05, 0) is 100 Å². The smallest absolute Gasteiger partial charge is 0.122 e. The van der Waals surface area contributed by atoms with Crippen LogP contribution in [0.15, 0.2) is 60.7 Å². The quantitative estimate of drug-likeness (QED) is 0.167. The van der Waals surface area contributed by atoms with Gasteiger partial charge in [0.05, 0.1) is 13.2 Å². The predicted molar refractivity (Wildman–Crippen MR) is 164 cm³/mol. The summed E-state index contributed by atoms with van der Waals surface area (Å²) in [5.41, 5.74) is 6.95. The molecule has 0 atom stereocenters. The molecule has 3 rings (SSSR count). The van der Waals surface area contributed by atoms with E-state index in [-0.39, 0.29) is 0 Å². The highest BCUT2D eigenvalue weighted by Crippen LogP contribution is 2.23. The van der Waals surface area contributed by atoms with Crippen molar-refractivity contribution in [3.8, 4) is 11.5 Å². The first-order valence-electron chi connectivity index (χ1n) is 13.5. The zero-order chi connectivity index (χ0) is 27.3. The van der Waals surface area contributed by atoms with Crippen LogP contribution in [-0.4, -0.2) is 64.3 Å². The van der Waals surface area contributed by atoms with Crippen LogP contribution in [-0.2, 0) is 0 Å². The normalized spacial score (nSPS) is 11.8. The highest BCUT2D eigenvalue weighted by Gasteiger charge is 2.03. The van der Waals surface area contributed by atoms with Crippen LogP contribution in [0, 0.1) is 13.8 Å². The van der Waals surface area contributed by atoms with Crippen molar-refractivity contribution < 1.29 is 9.47 Å². The minimum Gasteiger partial charge on any atom is -0.493 e. The zero-order valence-corrected chi connectivity index (χ0v) is 24.0. The lowest BCUT2D eigenvalue weighted by Gasteiger charge is -2.12. The maximum absolute atomic E-state index is 6.03. The molecule has 0 radical (unpaired) electrons. The van der Waals surface area contributed by atoms with Crippen molar-refractivity contribution in [1.82, 2.24) is 9.80 Å². The highest BCUT2D eigenvalue weighted by atomic mass is 16.5. The van der Waals surface area contributed by atoms with Crippen molar-refractivity contribution >= 4 is 24.3 Å². The summed E-state index contributed by atoms with van der Waals surface area (Å²) in [6, 6.07) is 21.4. The maximum atomic E-state index is 6.03. The van der Waals surface area contributed by atoms with E-state index in [2.05, 4.69) is 137 Å². The molecule has 0 N–H and O–H groups in total. The average Bonchev–Trinajstić information content (AvgIpc) is 2.89. The Morgan fingerprint density at radius 1 is 0.526 bits per heavy atom. The van der Waals surface area contributed by atoms with Crippen LogP contribution >= 0.6 is 0 Å².